The topological polar surface area (TPSA) is 88.4 Å². The Bertz CT molecular complexity index is 537. The van der Waals surface area contributed by atoms with Crippen LogP contribution in [0.3, 0.4) is 0 Å². The maximum absolute atomic E-state index is 11.4. The number of hydrogen-bond donors (Lipinski definition) is 1. The number of esters is 1. The predicted octanol–water partition coefficient (Wildman–Crippen LogP) is 1.73. The lowest BCUT2D eigenvalue weighted by molar-refractivity contribution is -0.148. The molecule has 1 aromatic rings. The first-order valence-corrected chi connectivity index (χ1v) is 7.10. The summed E-state index contributed by atoms with van der Waals surface area (Å²) in [6.45, 7) is 2.33. The number of amides is 1. The van der Waals surface area contributed by atoms with Crippen LogP contribution in [0.15, 0.2) is 24.3 Å². The van der Waals surface area contributed by atoms with Crippen molar-refractivity contribution >= 4 is 11.9 Å². The van der Waals surface area contributed by atoms with Crippen LogP contribution in [-0.2, 0) is 14.3 Å². The number of benzene rings is 1. The van der Waals surface area contributed by atoms with Gasteiger partial charge in [-0.3, -0.25) is 9.59 Å². The minimum Gasteiger partial charge on any atom is -0.494 e. The molecule has 6 nitrogen and oxygen atoms in total. The van der Waals surface area contributed by atoms with Gasteiger partial charge in [0.2, 0.25) is 0 Å². The van der Waals surface area contributed by atoms with Crippen molar-refractivity contribution in [3.63, 3.8) is 0 Å². The quantitative estimate of drug-likeness (QED) is 0.554. The third kappa shape index (κ3) is 7.90. The summed E-state index contributed by atoms with van der Waals surface area (Å²) in [5, 5.41) is 10.8. The molecule has 22 heavy (non-hydrogen) atoms. The van der Waals surface area contributed by atoms with Gasteiger partial charge in [0.1, 0.15) is 5.75 Å². The van der Waals surface area contributed by atoms with E-state index in [0.29, 0.717) is 13.0 Å². The average molecular weight is 304 g/mol. The molecule has 1 aromatic carbocycles. The number of ether oxygens (including phenoxy) is 2. The first-order chi connectivity index (χ1) is 10.6. The van der Waals surface area contributed by atoms with Gasteiger partial charge in [-0.25, -0.2) is 0 Å². The Hall–Kier alpha value is -2.55. The van der Waals surface area contributed by atoms with Crippen molar-refractivity contribution in [3.8, 4) is 11.8 Å². The molecule has 0 heterocycles. The third-order valence-electron chi connectivity index (χ3n) is 2.71. The number of nitrogens with zero attached hydrogens (tertiary/aromatic N) is 1. The van der Waals surface area contributed by atoms with E-state index < -0.39 is 11.9 Å². The fourth-order valence-electron chi connectivity index (χ4n) is 1.64. The number of carbonyl (C=O) groups excluding carboxylic acids is 2. The molecule has 0 atom stereocenters. The molecule has 0 bridgehead atoms. The van der Waals surface area contributed by atoms with Gasteiger partial charge in [-0.15, -0.1) is 0 Å². The number of carbonyl (C=O) groups is 2. The van der Waals surface area contributed by atoms with Crippen molar-refractivity contribution < 1.29 is 19.1 Å². The molecule has 0 radical (unpaired) electrons. The summed E-state index contributed by atoms with van der Waals surface area (Å²) in [6.07, 6.45) is 0.941. The van der Waals surface area contributed by atoms with Crippen LogP contribution >= 0.6 is 0 Å². The second-order valence-corrected chi connectivity index (χ2v) is 4.69. The van der Waals surface area contributed by atoms with Gasteiger partial charge in [-0.1, -0.05) is 12.1 Å². The Labute approximate surface area is 130 Å². The van der Waals surface area contributed by atoms with Gasteiger partial charge < -0.3 is 14.8 Å². The van der Waals surface area contributed by atoms with Gasteiger partial charge in [0, 0.05) is 13.0 Å². The lowest BCUT2D eigenvalue weighted by Gasteiger charge is -2.07. The highest BCUT2D eigenvalue weighted by atomic mass is 16.5. The molecule has 0 spiro atoms. The van der Waals surface area contributed by atoms with Gasteiger partial charge in [-0.2, -0.15) is 5.26 Å². The number of hydrogen-bond acceptors (Lipinski definition) is 5. The monoisotopic (exact) mass is 304 g/mol. The third-order valence-corrected chi connectivity index (χ3v) is 2.71. The zero-order valence-electron chi connectivity index (χ0n) is 12.6. The summed E-state index contributed by atoms with van der Waals surface area (Å²) in [6, 6.07) is 9.57. The van der Waals surface area contributed by atoms with Crippen LogP contribution in [0.25, 0.3) is 0 Å². The van der Waals surface area contributed by atoms with E-state index in [1.54, 1.807) is 0 Å². The molecule has 0 saturated heterocycles. The molecular weight excluding hydrogens is 284 g/mol. The van der Waals surface area contributed by atoms with Crippen molar-refractivity contribution in [1.82, 2.24) is 5.32 Å². The molecule has 0 aliphatic heterocycles. The van der Waals surface area contributed by atoms with Gasteiger partial charge in [0.25, 0.3) is 5.91 Å². The Kier molecular flexibility index (Phi) is 8.13. The van der Waals surface area contributed by atoms with Crippen LogP contribution < -0.4 is 10.1 Å². The normalized spacial score (nSPS) is 9.64. The molecule has 118 valence electrons. The van der Waals surface area contributed by atoms with E-state index >= 15 is 0 Å². The summed E-state index contributed by atoms with van der Waals surface area (Å²) in [4.78, 5) is 22.7. The maximum atomic E-state index is 11.4. The molecule has 0 fully saturated rings. The zero-order valence-corrected chi connectivity index (χ0v) is 12.6. The molecule has 1 rings (SSSR count). The van der Waals surface area contributed by atoms with E-state index in [-0.39, 0.29) is 26.0 Å². The largest absolute Gasteiger partial charge is 0.494 e. The molecular formula is C16H20N2O4. The van der Waals surface area contributed by atoms with E-state index in [1.807, 2.05) is 37.3 Å². The predicted molar refractivity (Wildman–Crippen MR) is 80.1 cm³/mol. The van der Waals surface area contributed by atoms with Crippen molar-refractivity contribution in [2.24, 2.45) is 0 Å². The van der Waals surface area contributed by atoms with Gasteiger partial charge in [-0.05, 0) is 31.0 Å². The van der Waals surface area contributed by atoms with Crippen LogP contribution in [0.4, 0.5) is 0 Å². The SMILES string of the molecule is Cc1cccc(OCCCC(=O)OCC(=O)NCCC#N)c1. The van der Waals surface area contributed by atoms with E-state index in [9.17, 15) is 9.59 Å². The van der Waals surface area contributed by atoms with Crippen molar-refractivity contribution in [3.05, 3.63) is 29.8 Å². The fourth-order valence-corrected chi connectivity index (χ4v) is 1.64. The Morgan fingerprint density at radius 2 is 2.18 bits per heavy atom. The summed E-state index contributed by atoms with van der Waals surface area (Å²) in [5.74, 6) is -0.0758. The highest BCUT2D eigenvalue weighted by Crippen LogP contribution is 2.12. The molecule has 6 heteroatoms. The second-order valence-electron chi connectivity index (χ2n) is 4.69. The van der Waals surface area contributed by atoms with Crippen LogP contribution in [0.5, 0.6) is 5.75 Å². The van der Waals surface area contributed by atoms with Crippen molar-refractivity contribution in [2.75, 3.05) is 19.8 Å². The van der Waals surface area contributed by atoms with E-state index in [4.69, 9.17) is 14.7 Å². The first kappa shape index (κ1) is 17.5. The van der Waals surface area contributed by atoms with Crippen LogP contribution in [0.1, 0.15) is 24.8 Å². The minimum atomic E-state index is -0.441. The van der Waals surface area contributed by atoms with Crippen LogP contribution in [-0.4, -0.2) is 31.6 Å². The van der Waals surface area contributed by atoms with Crippen molar-refractivity contribution in [2.45, 2.75) is 26.2 Å². The van der Waals surface area contributed by atoms with Gasteiger partial charge >= 0.3 is 5.97 Å². The summed E-state index contributed by atoms with van der Waals surface area (Å²) in [7, 11) is 0. The molecule has 0 unspecified atom stereocenters. The number of nitrogens with one attached hydrogen (secondary N) is 1. The van der Waals surface area contributed by atoms with Gasteiger partial charge in [0.15, 0.2) is 6.61 Å². The molecule has 1 amide bonds. The summed E-state index contributed by atoms with van der Waals surface area (Å²) >= 11 is 0. The van der Waals surface area contributed by atoms with E-state index in [1.165, 1.54) is 0 Å². The van der Waals surface area contributed by atoms with Crippen molar-refractivity contribution in [1.29, 1.82) is 5.26 Å². The average Bonchev–Trinajstić information content (AvgIpc) is 2.50. The number of rotatable bonds is 9. The molecule has 1 N–H and O–H groups in total. The Morgan fingerprint density at radius 1 is 1.36 bits per heavy atom. The smallest absolute Gasteiger partial charge is 0.306 e. The first-order valence-electron chi connectivity index (χ1n) is 7.10. The lowest BCUT2D eigenvalue weighted by Crippen LogP contribution is -2.29. The molecule has 0 saturated carbocycles. The minimum absolute atomic E-state index is 0.192. The highest BCUT2D eigenvalue weighted by molar-refractivity contribution is 5.80. The van der Waals surface area contributed by atoms with Gasteiger partial charge in [0.05, 0.1) is 19.1 Å². The molecule has 0 aliphatic carbocycles. The number of aryl methyl sites for hydroxylation is 1. The Morgan fingerprint density at radius 3 is 2.91 bits per heavy atom. The van der Waals surface area contributed by atoms with Crippen LogP contribution in [0.2, 0.25) is 0 Å². The molecule has 0 aromatic heterocycles. The zero-order chi connectivity index (χ0) is 16.2. The van der Waals surface area contributed by atoms with Crippen LogP contribution in [0, 0.1) is 18.3 Å². The van der Waals surface area contributed by atoms with E-state index in [0.717, 1.165) is 11.3 Å². The standard InChI is InChI=1S/C16H20N2O4/c1-13-5-2-6-14(11-13)21-10-3-7-16(20)22-12-15(19)18-9-4-8-17/h2,5-6,11H,3-4,7,9-10,12H2,1H3,(H,18,19). The highest BCUT2D eigenvalue weighted by Gasteiger charge is 2.07. The summed E-state index contributed by atoms with van der Waals surface area (Å²) in [5.41, 5.74) is 1.11. The van der Waals surface area contributed by atoms with E-state index in [2.05, 4.69) is 5.32 Å². The number of nitriles is 1. The summed E-state index contributed by atoms with van der Waals surface area (Å²) < 4.78 is 10.3. The fraction of sp³-hybridized carbons (Fsp3) is 0.438. The second kappa shape index (κ2) is 10.2. The Balaban J connectivity index is 2.08. The maximum Gasteiger partial charge on any atom is 0.306 e. The lowest BCUT2D eigenvalue weighted by atomic mass is 10.2. The molecule has 0 aliphatic rings.